The van der Waals surface area contributed by atoms with Gasteiger partial charge >= 0.3 is 0 Å². The predicted octanol–water partition coefficient (Wildman–Crippen LogP) is 2.87. The Hall–Kier alpha value is 0.740. The molecule has 5 heteroatoms. The van der Waals surface area contributed by atoms with Crippen molar-refractivity contribution in [1.82, 2.24) is 5.23 Å². The van der Waals surface area contributed by atoms with Gasteiger partial charge in [-0.1, -0.05) is 12.2 Å². The van der Waals surface area contributed by atoms with Gasteiger partial charge in [-0.3, -0.25) is 9.68 Å². The Morgan fingerprint density at radius 2 is 1.38 bits per heavy atom. The van der Waals surface area contributed by atoms with E-state index < -0.39 is 0 Å². The van der Waals surface area contributed by atoms with Gasteiger partial charge in [0.2, 0.25) is 0 Å². The molecule has 0 fully saturated rings. The van der Waals surface area contributed by atoms with Crippen LogP contribution >= 0.6 is 18.5 Å². The molecule has 0 N–H and O–H groups in total. The largest absolute Gasteiger partial charge is 0.274 e. The van der Waals surface area contributed by atoms with Crippen LogP contribution in [-0.4, -0.2) is 37.3 Å². The minimum absolute atomic E-state index is 0.762. The molecule has 0 aliphatic heterocycles. The first-order valence-electron chi connectivity index (χ1n) is 6.28. The second kappa shape index (κ2) is 13.8. The maximum Gasteiger partial charge on any atom is 0.0711 e. The molecule has 0 aromatic heterocycles. The molecule has 0 rings (SSSR count). The highest BCUT2D eigenvalue weighted by Crippen LogP contribution is 2.02. The van der Waals surface area contributed by atoms with Crippen LogP contribution in [0.3, 0.4) is 0 Å². The molecule has 0 radical (unpaired) electrons. The molecule has 98 valence electrons. The van der Waals surface area contributed by atoms with Gasteiger partial charge in [-0.15, -0.1) is 18.5 Å². The van der Waals surface area contributed by atoms with Crippen LogP contribution in [0.4, 0.5) is 0 Å². The standard InChI is InChI=1S/C11H27NO2P2/c1-2-7-12(13-8-3-5-10-15)14-9-4-6-11-16/h2-11,15-16H2,1H3. The molecule has 2 atom stereocenters. The van der Waals surface area contributed by atoms with Crippen LogP contribution in [0.15, 0.2) is 0 Å². The summed E-state index contributed by atoms with van der Waals surface area (Å²) in [5.74, 6) is 0. The molecule has 0 spiro atoms. The maximum absolute atomic E-state index is 5.56. The highest BCUT2D eigenvalue weighted by molar-refractivity contribution is 7.16. The summed E-state index contributed by atoms with van der Waals surface area (Å²) >= 11 is 0. The number of hydroxylamine groups is 2. The Kier molecular flexibility index (Phi) is 14.4. The zero-order valence-corrected chi connectivity index (χ0v) is 12.8. The summed E-state index contributed by atoms with van der Waals surface area (Å²) in [5, 5.41) is 1.66. The lowest BCUT2D eigenvalue weighted by atomic mass is 10.4. The van der Waals surface area contributed by atoms with E-state index >= 15 is 0 Å². The lowest BCUT2D eigenvalue weighted by molar-refractivity contribution is -0.368. The third kappa shape index (κ3) is 11.2. The van der Waals surface area contributed by atoms with E-state index in [4.69, 9.17) is 9.68 Å². The fourth-order valence-corrected chi connectivity index (χ4v) is 1.75. The maximum atomic E-state index is 5.56. The summed E-state index contributed by atoms with van der Waals surface area (Å²) in [6, 6.07) is 0. The minimum Gasteiger partial charge on any atom is -0.274 e. The van der Waals surface area contributed by atoms with Gasteiger partial charge in [0.25, 0.3) is 0 Å². The third-order valence-electron chi connectivity index (χ3n) is 2.07. The Bertz CT molecular complexity index is 127. The molecular formula is C11H27NO2P2. The van der Waals surface area contributed by atoms with E-state index in [0.29, 0.717) is 0 Å². The second-order valence-electron chi connectivity index (χ2n) is 3.71. The molecule has 0 bridgehead atoms. The lowest BCUT2D eigenvalue weighted by Gasteiger charge is -2.20. The van der Waals surface area contributed by atoms with Crippen LogP contribution in [0.1, 0.15) is 39.0 Å². The van der Waals surface area contributed by atoms with Crippen LogP contribution in [0.25, 0.3) is 0 Å². The van der Waals surface area contributed by atoms with Crippen LogP contribution in [-0.2, 0) is 9.68 Å². The highest BCUT2D eigenvalue weighted by atomic mass is 31.0. The molecular weight excluding hydrogens is 240 g/mol. The molecule has 16 heavy (non-hydrogen) atoms. The monoisotopic (exact) mass is 267 g/mol. The molecule has 0 heterocycles. The van der Waals surface area contributed by atoms with Crippen molar-refractivity contribution >= 4 is 18.5 Å². The van der Waals surface area contributed by atoms with Crippen molar-refractivity contribution in [1.29, 1.82) is 0 Å². The summed E-state index contributed by atoms with van der Waals surface area (Å²) in [7, 11) is 5.47. The summed E-state index contributed by atoms with van der Waals surface area (Å²) in [5.41, 5.74) is 0. The number of rotatable bonds is 12. The first-order valence-corrected chi connectivity index (χ1v) is 7.92. The molecule has 2 unspecified atom stereocenters. The summed E-state index contributed by atoms with van der Waals surface area (Å²) in [6.45, 7) is 4.50. The average Bonchev–Trinajstić information content (AvgIpc) is 2.30. The van der Waals surface area contributed by atoms with E-state index in [1.54, 1.807) is 5.23 Å². The molecule has 0 aliphatic carbocycles. The smallest absolute Gasteiger partial charge is 0.0711 e. The predicted molar refractivity (Wildman–Crippen MR) is 76.5 cm³/mol. The fraction of sp³-hybridized carbons (Fsp3) is 1.00. The number of hydrogen-bond acceptors (Lipinski definition) is 3. The van der Waals surface area contributed by atoms with Gasteiger partial charge in [-0.2, -0.15) is 0 Å². The van der Waals surface area contributed by atoms with E-state index in [1.807, 2.05) is 0 Å². The zero-order chi connectivity index (χ0) is 12.1. The van der Waals surface area contributed by atoms with Gasteiger partial charge in [-0.25, -0.2) is 0 Å². The summed E-state index contributed by atoms with van der Waals surface area (Å²) in [4.78, 5) is 11.1. The molecule has 0 aromatic carbocycles. The number of unbranched alkanes of at least 4 members (excludes halogenated alkanes) is 2. The van der Waals surface area contributed by atoms with Gasteiger partial charge in [0, 0.05) is 0 Å². The van der Waals surface area contributed by atoms with E-state index in [0.717, 1.165) is 51.3 Å². The Labute approximate surface area is 105 Å². The van der Waals surface area contributed by atoms with E-state index in [1.165, 1.54) is 12.8 Å². The van der Waals surface area contributed by atoms with Crippen molar-refractivity contribution in [3.8, 4) is 0 Å². The van der Waals surface area contributed by atoms with Crippen LogP contribution in [0.2, 0.25) is 0 Å². The van der Waals surface area contributed by atoms with Crippen LogP contribution in [0, 0.1) is 0 Å². The quantitative estimate of drug-likeness (QED) is 0.308. The van der Waals surface area contributed by atoms with E-state index in [9.17, 15) is 0 Å². The summed E-state index contributed by atoms with van der Waals surface area (Å²) in [6.07, 6.45) is 7.91. The van der Waals surface area contributed by atoms with Crippen molar-refractivity contribution in [3.63, 3.8) is 0 Å². The van der Waals surface area contributed by atoms with E-state index in [-0.39, 0.29) is 0 Å². The molecule has 0 aromatic rings. The van der Waals surface area contributed by atoms with Gasteiger partial charge in [0.05, 0.1) is 19.8 Å². The Balaban J connectivity index is 3.45. The van der Waals surface area contributed by atoms with Crippen molar-refractivity contribution in [2.45, 2.75) is 39.0 Å². The van der Waals surface area contributed by atoms with Gasteiger partial charge in [-0.05, 0) is 44.4 Å². The van der Waals surface area contributed by atoms with Gasteiger partial charge in [0.15, 0.2) is 0 Å². The number of hydrogen-bond donors (Lipinski definition) is 0. The first-order chi connectivity index (χ1) is 7.85. The molecule has 0 aliphatic rings. The highest BCUT2D eigenvalue weighted by Gasteiger charge is 2.04. The van der Waals surface area contributed by atoms with Crippen molar-refractivity contribution < 1.29 is 9.68 Å². The Morgan fingerprint density at radius 1 is 0.875 bits per heavy atom. The minimum atomic E-state index is 0.762. The summed E-state index contributed by atoms with van der Waals surface area (Å²) < 4.78 is 0. The van der Waals surface area contributed by atoms with Crippen LogP contribution in [0.5, 0.6) is 0 Å². The average molecular weight is 267 g/mol. The SMILES string of the molecule is CCCN(OCCCCP)OCCCCP. The first kappa shape index (κ1) is 16.7. The van der Waals surface area contributed by atoms with Gasteiger partial charge in [0.1, 0.15) is 0 Å². The topological polar surface area (TPSA) is 21.7 Å². The van der Waals surface area contributed by atoms with E-state index in [2.05, 4.69) is 25.4 Å². The lowest BCUT2D eigenvalue weighted by Crippen LogP contribution is -2.26. The number of nitrogens with zero attached hydrogens (tertiary/aromatic N) is 1. The van der Waals surface area contributed by atoms with Crippen molar-refractivity contribution in [3.05, 3.63) is 0 Å². The van der Waals surface area contributed by atoms with Crippen molar-refractivity contribution in [2.75, 3.05) is 32.1 Å². The van der Waals surface area contributed by atoms with Crippen LogP contribution < -0.4 is 0 Å². The molecule has 0 saturated heterocycles. The Morgan fingerprint density at radius 3 is 1.75 bits per heavy atom. The molecule has 0 amide bonds. The fourth-order valence-electron chi connectivity index (χ4n) is 1.17. The van der Waals surface area contributed by atoms with Crippen molar-refractivity contribution in [2.24, 2.45) is 0 Å². The zero-order valence-electron chi connectivity index (χ0n) is 10.5. The molecule has 0 saturated carbocycles. The van der Waals surface area contributed by atoms with Gasteiger partial charge < -0.3 is 0 Å². The molecule has 3 nitrogen and oxygen atoms in total. The normalized spacial score (nSPS) is 11.2. The third-order valence-corrected chi connectivity index (χ3v) is 2.89. The second-order valence-corrected chi connectivity index (χ2v) is 4.87.